The molecule has 1 fully saturated rings. The highest BCUT2D eigenvalue weighted by molar-refractivity contribution is 6.53. The SMILES string of the molecule is CN1CCN(c2ccc3c(n2)N2CCN=C2C(c2ccccc2)=N3)CC1.Cl.Cl. The van der Waals surface area contributed by atoms with Crippen LogP contribution in [0.15, 0.2) is 52.4 Å². The van der Waals surface area contributed by atoms with Gasteiger partial charge < -0.3 is 14.7 Å². The number of benzene rings is 1. The minimum Gasteiger partial charge on any atom is -0.354 e. The molecule has 6 nitrogen and oxygen atoms in total. The third kappa shape index (κ3) is 3.60. The van der Waals surface area contributed by atoms with Gasteiger partial charge >= 0.3 is 0 Å². The number of fused-ring (bicyclic) bond motifs is 3. The van der Waals surface area contributed by atoms with Crippen molar-refractivity contribution >= 4 is 53.7 Å². The van der Waals surface area contributed by atoms with E-state index in [2.05, 4.69) is 46.0 Å². The van der Waals surface area contributed by atoms with Crippen molar-refractivity contribution in [2.45, 2.75) is 0 Å². The summed E-state index contributed by atoms with van der Waals surface area (Å²) < 4.78 is 0. The Bertz CT molecular complexity index is 891. The van der Waals surface area contributed by atoms with E-state index in [0.717, 1.165) is 73.7 Å². The lowest BCUT2D eigenvalue weighted by Gasteiger charge is -2.34. The van der Waals surface area contributed by atoms with Gasteiger partial charge in [0.1, 0.15) is 17.2 Å². The molecule has 1 saturated heterocycles. The lowest BCUT2D eigenvalue weighted by Crippen LogP contribution is -2.45. The lowest BCUT2D eigenvalue weighted by molar-refractivity contribution is 0.312. The summed E-state index contributed by atoms with van der Waals surface area (Å²) in [6.07, 6.45) is 0. The van der Waals surface area contributed by atoms with Crippen molar-refractivity contribution in [1.82, 2.24) is 9.88 Å². The predicted octanol–water partition coefficient (Wildman–Crippen LogP) is 3.03. The standard InChI is InChI=1S/C20H22N6.2ClH/c1-24-11-13-25(14-12-24)17-8-7-16-19(23-17)26-10-9-21-20(26)18(22-16)15-5-3-2-4-6-15;;/h2-8H,9-14H2,1H3;2*1H. The zero-order valence-corrected chi connectivity index (χ0v) is 17.4. The minimum absolute atomic E-state index is 0. The molecule has 0 saturated carbocycles. The number of amidine groups is 1. The molecule has 0 aliphatic carbocycles. The van der Waals surface area contributed by atoms with Crippen molar-refractivity contribution < 1.29 is 0 Å². The maximum Gasteiger partial charge on any atom is 0.162 e. The molecule has 4 heterocycles. The number of likely N-dealkylation sites (N-methyl/N-ethyl adjacent to an activating group) is 1. The average molecular weight is 419 g/mol. The van der Waals surface area contributed by atoms with E-state index in [1.807, 2.05) is 18.2 Å². The highest BCUT2D eigenvalue weighted by Crippen LogP contribution is 2.36. The van der Waals surface area contributed by atoms with Gasteiger partial charge in [-0.05, 0) is 19.2 Å². The number of hydrogen-bond acceptors (Lipinski definition) is 6. The van der Waals surface area contributed by atoms with E-state index in [1.165, 1.54) is 0 Å². The number of rotatable bonds is 2. The second kappa shape index (κ2) is 8.47. The quantitative estimate of drug-likeness (QED) is 0.751. The molecular weight excluding hydrogens is 395 g/mol. The van der Waals surface area contributed by atoms with Crippen LogP contribution in [-0.4, -0.2) is 67.7 Å². The first-order valence-corrected chi connectivity index (χ1v) is 9.20. The Hall–Kier alpha value is -2.15. The third-order valence-corrected chi connectivity index (χ3v) is 5.25. The Balaban J connectivity index is 0.00000112. The van der Waals surface area contributed by atoms with E-state index >= 15 is 0 Å². The summed E-state index contributed by atoms with van der Waals surface area (Å²) in [4.78, 5) is 21.6. The van der Waals surface area contributed by atoms with Gasteiger partial charge in [-0.25, -0.2) is 9.98 Å². The number of piperazine rings is 1. The van der Waals surface area contributed by atoms with Crippen molar-refractivity contribution in [3.63, 3.8) is 0 Å². The van der Waals surface area contributed by atoms with Crippen LogP contribution in [0.2, 0.25) is 0 Å². The second-order valence-corrected chi connectivity index (χ2v) is 6.99. The third-order valence-electron chi connectivity index (χ3n) is 5.25. The van der Waals surface area contributed by atoms with Gasteiger partial charge in [0.05, 0.1) is 6.54 Å². The van der Waals surface area contributed by atoms with Crippen molar-refractivity contribution in [3.8, 4) is 0 Å². The van der Waals surface area contributed by atoms with Gasteiger partial charge in [0.25, 0.3) is 0 Å². The molecule has 3 aliphatic rings. The van der Waals surface area contributed by atoms with Crippen LogP contribution in [0.1, 0.15) is 5.56 Å². The molecule has 1 aromatic carbocycles. The van der Waals surface area contributed by atoms with E-state index < -0.39 is 0 Å². The van der Waals surface area contributed by atoms with Crippen LogP contribution in [0.25, 0.3) is 0 Å². The van der Waals surface area contributed by atoms with Gasteiger partial charge in [-0.2, -0.15) is 0 Å². The molecule has 8 heteroatoms. The number of aromatic nitrogens is 1. The fourth-order valence-electron chi connectivity index (χ4n) is 3.74. The van der Waals surface area contributed by atoms with Crippen LogP contribution >= 0.6 is 24.8 Å². The molecule has 3 aliphatic heterocycles. The van der Waals surface area contributed by atoms with Crippen LogP contribution in [0, 0.1) is 0 Å². The van der Waals surface area contributed by atoms with Gasteiger partial charge in [0, 0.05) is 38.3 Å². The normalized spacial score (nSPS) is 18.3. The van der Waals surface area contributed by atoms with Crippen LogP contribution in [0.3, 0.4) is 0 Å². The summed E-state index contributed by atoms with van der Waals surface area (Å²) in [6, 6.07) is 14.5. The smallest absolute Gasteiger partial charge is 0.162 e. The van der Waals surface area contributed by atoms with E-state index in [0.29, 0.717) is 0 Å². The molecule has 0 atom stereocenters. The fourth-order valence-corrected chi connectivity index (χ4v) is 3.74. The number of pyridine rings is 1. The molecule has 0 radical (unpaired) electrons. The molecular formula is C20H24Cl2N6. The van der Waals surface area contributed by atoms with Gasteiger partial charge in [0.2, 0.25) is 0 Å². The highest BCUT2D eigenvalue weighted by Gasteiger charge is 2.32. The predicted molar refractivity (Wildman–Crippen MR) is 121 cm³/mol. The van der Waals surface area contributed by atoms with Crippen LogP contribution in [0.4, 0.5) is 17.3 Å². The molecule has 148 valence electrons. The number of halogens is 2. The Labute approximate surface area is 177 Å². The van der Waals surface area contributed by atoms with Crippen LogP contribution in [-0.2, 0) is 0 Å². The molecule has 0 N–H and O–H groups in total. The van der Waals surface area contributed by atoms with Crippen molar-refractivity contribution in [2.24, 2.45) is 9.98 Å². The zero-order chi connectivity index (χ0) is 17.5. The zero-order valence-electron chi connectivity index (χ0n) is 15.8. The van der Waals surface area contributed by atoms with Crippen molar-refractivity contribution in [1.29, 1.82) is 0 Å². The number of nitrogens with zero attached hydrogens (tertiary/aromatic N) is 6. The van der Waals surface area contributed by atoms with Gasteiger partial charge in [-0.3, -0.25) is 4.99 Å². The summed E-state index contributed by atoms with van der Waals surface area (Å²) in [5, 5.41) is 0. The van der Waals surface area contributed by atoms with E-state index in [-0.39, 0.29) is 24.8 Å². The molecule has 1 aromatic heterocycles. The molecule has 0 bridgehead atoms. The lowest BCUT2D eigenvalue weighted by atomic mass is 10.1. The van der Waals surface area contributed by atoms with E-state index in [1.54, 1.807) is 0 Å². The largest absolute Gasteiger partial charge is 0.354 e. The minimum atomic E-state index is 0. The Morgan fingerprint density at radius 1 is 0.857 bits per heavy atom. The summed E-state index contributed by atoms with van der Waals surface area (Å²) in [7, 11) is 2.17. The maximum absolute atomic E-state index is 4.98. The van der Waals surface area contributed by atoms with Crippen molar-refractivity contribution in [2.75, 3.05) is 56.1 Å². The van der Waals surface area contributed by atoms with Crippen LogP contribution < -0.4 is 9.80 Å². The average Bonchev–Trinajstić information content (AvgIpc) is 3.18. The Morgan fingerprint density at radius 3 is 2.36 bits per heavy atom. The molecule has 0 spiro atoms. The maximum atomic E-state index is 4.98. The van der Waals surface area contributed by atoms with Crippen molar-refractivity contribution in [3.05, 3.63) is 48.0 Å². The van der Waals surface area contributed by atoms with Gasteiger partial charge in [-0.1, -0.05) is 30.3 Å². The van der Waals surface area contributed by atoms with Gasteiger partial charge in [0.15, 0.2) is 11.7 Å². The molecule has 2 aromatic rings. The Kier molecular flexibility index (Phi) is 6.23. The summed E-state index contributed by atoms with van der Waals surface area (Å²) >= 11 is 0. The van der Waals surface area contributed by atoms with E-state index in [9.17, 15) is 0 Å². The summed E-state index contributed by atoms with van der Waals surface area (Å²) in [6.45, 7) is 5.84. The highest BCUT2D eigenvalue weighted by atomic mass is 35.5. The number of hydrogen-bond donors (Lipinski definition) is 0. The first-order chi connectivity index (χ1) is 12.8. The molecule has 0 unspecified atom stereocenters. The summed E-state index contributed by atoms with van der Waals surface area (Å²) in [5.41, 5.74) is 2.99. The molecule has 28 heavy (non-hydrogen) atoms. The molecule has 0 amide bonds. The second-order valence-electron chi connectivity index (χ2n) is 6.99. The monoisotopic (exact) mass is 418 g/mol. The summed E-state index contributed by atoms with van der Waals surface area (Å²) in [5.74, 6) is 2.94. The van der Waals surface area contributed by atoms with Crippen LogP contribution in [0.5, 0.6) is 0 Å². The number of anilines is 2. The topological polar surface area (TPSA) is 47.3 Å². The fraction of sp³-hybridized carbons (Fsp3) is 0.350. The first kappa shape index (κ1) is 20.6. The number of aliphatic imine (C=N–C) groups is 2. The Morgan fingerprint density at radius 2 is 1.61 bits per heavy atom. The molecule has 5 rings (SSSR count). The van der Waals surface area contributed by atoms with E-state index in [4.69, 9.17) is 15.0 Å². The first-order valence-electron chi connectivity index (χ1n) is 9.20. The van der Waals surface area contributed by atoms with Gasteiger partial charge in [-0.15, -0.1) is 24.8 Å².